The van der Waals surface area contributed by atoms with E-state index in [1.807, 2.05) is 0 Å². The van der Waals surface area contributed by atoms with Crippen molar-refractivity contribution in [2.45, 2.75) is 13.0 Å². The molecule has 0 fully saturated rings. The van der Waals surface area contributed by atoms with Crippen LogP contribution in [0.4, 0.5) is 0 Å². The fourth-order valence-corrected chi connectivity index (χ4v) is 1.40. The zero-order valence-electron chi connectivity index (χ0n) is 10.5. The fourth-order valence-electron chi connectivity index (χ4n) is 1.40. The second-order valence-corrected chi connectivity index (χ2v) is 3.81. The molecular formula is C12H16N2O4. The predicted octanol–water partition coefficient (Wildman–Crippen LogP) is -0.130. The normalized spacial score (nSPS) is 9.89. The van der Waals surface area contributed by atoms with Gasteiger partial charge in [-0.3, -0.25) is 14.4 Å². The Labute approximate surface area is 105 Å². The molecule has 1 rings (SSSR count). The SMILES string of the molecule is COC(=O)CN(C)C(=O)CCn1ccccc1=O. The molecule has 0 saturated heterocycles. The van der Waals surface area contributed by atoms with Gasteiger partial charge in [0.25, 0.3) is 5.56 Å². The Kier molecular flexibility index (Phi) is 5.10. The second kappa shape index (κ2) is 6.58. The average molecular weight is 252 g/mol. The first-order valence-electron chi connectivity index (χ1n) is 5.51. The highest BCUT2D eigenvalue weighted by molar-refractivity contribution is 5.81. The van der Waals surface area contributed by atoms with Gasteiger partial charge in [-0.15, -0.1) is 0 Å². The zero-order valence-corrected chi connectivity index (χ0v) is 10.5. The monoisotopic (exact) mass is 252 g/mol. The number of methoxy groups -OCH3 is 1. The molecule has 18 heavy (non-hydrogen) atoms. The van der Waals surface area contributed by atoms with Crippen LogP contribution < -0.4 is 5.56 Å². The lowest BCUT2D eigenvalue weighted by Crippen LogP contribution is -2.33. The Morgan fingerprint density at radius 2 is 2.11 bits per heavy atom. The summed E-state index contributed by atoms with van der Waals surface area (Å²) in [5.41, 5.74) is -0.152. The van der Waals surface area contributed by atoms with E-state index >= 15 is 0 Å². The van der Waals surface area contributed by atoms with Gasteiger partial charge in [0.1, 0.15) is 6.54 Å². The standard InChI is InChI=1S/C12H16N2O4/c1-13(9-12(17)18-2)10(15)6-8-14-7-4-3-5-11(14)16/h3-5,7H,6,8-9H2,1-2H3. The van der Waals surface area contributed by atoms with E-state index < -0.39 is 5.97 Å². The molecule has 6 heteroatoms. The molecule has 1 amide bonds. The Morgan fingerprint density at radius 1 is 1.39 bits per heavy atom. The van der Waals surface area contributed by atoms with Crippen molar-refractivity contribution in [2.24, 2.45) is 0 Å². The number of amides is 1. The van der Waals surface area contributed by atoms with E-state index in [1.54, 1.807) is 18.3 Å². The lowest BCUT2D eigenvalue weighted by atomic mass is 10.3. The minimum absolute atomic E-state index is 0.0843. The van der Waals surface area contributed by atoms with Crippen molar-refractivity contribution < 1.29 is 14.3 Å². The molecular weight excluding hydrogens is 236 g/mol. The second-order valence-electron chi connectivity index (χ2n) is 3.81. The summed E-state index contributed by atoms with van der Waals surface area (Å²) < 4.78 is 5.91. The number of pyridine rings is 1. The highest BCUT2D eigenvalue weighted by Crippen LogP contribution is 1.94. The van der Waals surface area contributed by atoms with Crippen LogP contribution in [0.1, 0.15) is 6.42 Å². The molecule has 0 aliphatic carbocycles. The van der Waals surface area contributed by atoms with Gasteiger partial charge in [-0.1, -0.05) is 6.07 Å². The maximum Gasteiger partial charge on any atom is 0.325 e. The highest BCUT2D eigenvalue weighted by Gasteiger charge is 2.12. The predicted molar refractivity (Wildman–Crippen MR) is 65.0 cm³/mol. The minimum Gasteiger partial charge on any atom is -0.468 e. The first kappa shape index (κ1) is 14.0. The molecule has 0 aromatic carbocycles. The average Bonchev–Trinajstić information content (AvgIpc) is 2.37. The summed E-state index contributed by atoms with van der Waals surface area (Å²) in [6, 6.07) is 4.80. The number of esters is 1. The summed E-state index contributed by atoms with van der Waals surface area (Å²) >= 11 is 0. The number of rotatable bonds is 5. The smallest absolute Gasteiger partial charge is 0.325 e. The number of likely N-dealkylation sites (N-methyl/N-ethyl adjacent to an activating group) is 1. The summed E-state index contributed by atoms with van der Waals surface area (Å²) in [5.74, 6) is -0.682. The Bertz CT molecular complexity index is 481. The molecule has 0 spiro atoms. The third-order valence-electron chi connectivity index (χ3n) is 2.49. The Balaban J connectivity index is 2.49. The van der Waals surface area contributed by atoms with Gasteiger partial charge in [0, 0.05) is 32.3 Å². The molecule has 0 unspecified atom stereocenters. The van der Waals surface area contributed by atoms with Crippen molar-refractivity contribution in [1.29, 1.82) is 0 Å². The van der Waals surface area contributed by atoms with Crippen LogP contribution in [-0.4, -0.2) is 42.0 Å². The van der Waals surface area contributed by atoms with Gasteiger partial charge in [0.05, 0.1) is 7.11 Å². The van der Waals surface area contributed by atoms with Crippen LogP contribution in [0.25, 0.3) is 0 Å². The molecule has 0 N–H and O–H groups in total. The molecule has 0 aliphatic rings. The summed E-state index contributed by atoms with van der Waals surface area (Å²) in [4.78, 5) is 35.3. The van der Waals surface area contributed by atoms with Crippen molar-refractivity contribution >= 4 is 11.9 Å². The fraction of sp³-hybridized carbons (Fsp3) is 0.417. The van der Waals surface area contributed by atoms with E-state index in [4.69, 9.17) is 0 Å². The highest BCUT2D eigenvalue weighted by atomic mass is 16.5. The Hall–Kier alpha value is -2.11. The molecule has 1 aromatic heterocycles. The van der Waals surface area contributed by atoms with Crippen LogP contribution >= 0.6 is 0 Å². The van der Waals surface area contributed by atoms with E-state index in [9.17, 15) is 14.4 Å². The maximum absolute atomic E-state index is 11.7. The van der Waals surface area contributed by atoms with Gasteiger partial charge in [0.15, 0.2) is 0 Å². The van der Waals surface area contributed by atoms with Crippen molar-refractivity contribution in [2.75, 3.05) is 20.7 Å². The van der Waals surface area contributed by atoms with Gasteiger partial charge in [-0.25, -0.2) is 0 Å². The number of hydrogen-bond donors (Lipinski definition) is 0. The number of nitrogens with zero attached hydrogens (tertiary/aromatic N) is 2. The van der Waals surface area contributed by atoms with Crippen LogP contribution in [0.3, 0.4) is 0 Å². The van der Waals surface area contributed by atoms with E-state index in [0.717, 1.165) is 0 Å². The van der Waals surface area contributed by atoms with Gasteiger partial charge >= 0.3 is 5.97 Å². The van der Waals surface area contributed by atoms with Crippen LogP contribution in [0.15, 0.2) is 29.2 Å². The van der Waals surface area contributed by atoms with Crippen molar-refractivity contribution in [3.63, 3.8) is 0 Å². The Morgan fingerprint density at radius 3 is 2.72 bits per heavy atom. The van der Waals surface area contributed by atoms with Gasteiger partial charge in [0.2, 0.25) is 5.91 Å². The molecule has 6 nitrogen and oxygen atoms in total. The molecule has 1 aromatic rings. The number of ether oxygens (including phenoxy) is 1. The molecule has 0 atom stereocenters. The molecule has 0 radical (unpaired) electrons. The van der Waals surface area contributed by atoms with Crippen LogP contribution in [-0.2, 0) is 20.9 Å². The van der Waals surface area contributed by atoms with Crippen LogP contribution in [0, 0.1) is 0 Å². The minimum atomic E-state index is -0.470. The molecule has 1 heterocycles. The lowest BCUT2D eigenvalue weighted by molar-refractivity contribution is -0.146. The first-order valence-corrected chi connectivity index (χ1v) is 5.51. The molecule has 0 bridgehead atoms. The van der Waals surface area contributed by atoms with Crippen LogP contribution in [0.5, 0.6) is 0 Å². The quantitative estimate of drug-likeness (QED) is 0.684. The number of carbonyl (C=O) groups is 2. The summed E-state index contributed by atoms with van der Waals surface area (Å²) in [5, 5.41) is 0. The maximum atomic E-state index is 11.7. The van der Waals surface area contributed by atoms with Crippen molar-refractivity contribution in [3.05, 3.63) is 34.7 Å². The van der Waals surface area contributed by atoms with Gasteiger partial charge in [-0.05, 0) is 6.07 Å². The number of carbonyl (C=O) groups excluding carboxylic acids is 2. The zero-order chi connectivity index (χ0) is 13.5. The van der Waals surface area contributed by atoms with E-state index in [1.165, 1.54) is 29.7 Å². The summed E-state index contributed by atoms with van der Waals surface area (Å²) in [7, 11) is 2.79. The van der Waals surface area contributed by atoms with E-state index in [0.29, 0.717) is 6.54 Å². The number of aryl methyl sites for hydroxylation is 1. The van der Waals surface area contributed by atoms with Crippen LogP contribution in [0.2, 0.25) is 0 Å². The number of aromatic nitrogens is 1. The topological polar surface area (TPSA) is 68.6 Å². The molecule has 0 saturated carbocycles. The van der Waals surface area contributed by atoms with Crippen molar-refractivity contribution in [3.8, 4) is 0 Å². The largest absolute Gasteiger partial charge is 0.468 e. The summed E-state index contributed by atoms with van der Waals surface area (Å²) in [6.07, 6.45) is 1.79. The number of hydrogen-bond acceptors (Lipinski definition) is 4. The third kappa shape index (κ3) is 4.04. The third-order valence-corrected chi connectivity index (χ3v) is 2.49. The van der Waals surface area contributed by atoms with Crippen molar-refractivity contribution in [1.82, 2.24) is 9.47 Å². The lowest BCUT2D eigenvalue weighted by Gasteiger charge is -2.15. The summed E-state index contributed by atoms with van der Waals surface area (Å²) in [6.45, 7) is 0.211. The van der Waals surface area contributed by atoms with Gasteiger partial charge in [-0.2, -0.15) is 0 Å². The van der Waals surface area contributed by atoms with Gasteiger partial charge < -0.3 is 14.2 Å². The molecule has 98 valence electrons. The molecule has 0 aliphatic heterocycles. The van der Waals surface area contributed by atoms with E-state index in [2.05, 4.69) is 4.74 Å². The first-order chi connectivity index (χ1) is 8.54. The van der Waals surface area contributed by atoms with E-state index in [-0.39, 0.29) is 24.4 Å².